The molecule has 4 nitrogen and oxygen atoms in total. The van der Waals surface area contributed by atoms with Gasteiger partial charge in [-0.2, -0.15) is 0 Å². The van der Waals surface area contributed by atoms with E-state index >= 15 is 0 Å². The predicted molar refractivity (Wildman–Crippen MR) is 67.4 cm³/mol. The molecule has 1 aliphatic heterocycles. The molecular formula is C13H24N2O2. The first-order valence-corrected chi connectivity index (χ1v) is 6.50. The number of amides is 2. The van der Waals surface area contributed by atoms with Crippen LogP contribution in [-0.4, -0.2) is 35.8 Å². The van der Waals surface area contributed by atoms with Crippen molar-refractivity contribution in [3.05, 3.63) is 0 Å². The summed E-state index contributed by atoms with van der Waals surface area (Å²) in [4.78, 5) is 25.1. The minimum Gasteiger partial charge on any atom is -0.351 e. The van der Waals surface area contributed by atoms with Crippen molar-refractivity contribution in [3.8, 4) is 0 Å². The van der Waals surface area contributed by atoms with Crippen LogP contribution in [0, 0.1) is 11.8 Å². The van der Waals surface area contributed by atoms with Gasteiger partial charge in [0.15, 0.2) is 0 Å². The van der Waals surface area contributed by atoms with E-state index in [1.807, 2.05) is 18.7 Å². The molecule has 0 unspecified atom stereocenters. The molecular weight excluding hydrogens is 216 g/mol. The second-order valence-corrected chi connectivity index (χ2v) is 5.46. The van der Waals surface area contributed by atoms with Crippen LogP contribution in [0.2, 0.25) is 0 Å². The van der Waals surface area contributed by atoms with Gasteiger partial charge in [-0.15, -0.1) is 0 Å². The lowest BCUT2D eigenvalue weighted by Gasteiger charge is -2.28. The molecule has 0 spiro atoms. The first-order valence-electron chi connectivity index (χ1n) is 6.50. The van der Waals surface area contributed by atoms with Crippen molar-refractivity contribution in [1.82, 2.24) is 10.2 Å². The summed E-state index contributed by atoms with van der Waals surface area (Å²) in [6, 6.07) is 0.0620. The molecule has 0 aliphatic carbocycles. The summed E-state index contributed by atoms with van der Waals surface area (Å²) in [5.41, 5.74) is 0. The van der Waals surface area contributed by atoms with Gasteiger partial charge in [0, 0.05) is 31.5 Å². The molecule has 98 valence electrons. The lowest BCUT2D eigenvalue weighted by atomic mass is 10.0. The van der Waals surface area contributed by atoms with E-state index in [9.17, 15) is 9.59 Å². The molecule has 2 amide bonds. The van der Waals surface area contributed by atoms with Crippen molar-refractivity contribution in [2.75, 3.05) is 13.1 Å². The lowest BCUT2D eigenvalue weighted by molar-refractivity contribution is -0.130. The van der Waals surface area contributed by atoms with E-state index in [4.69, 9.17) is 0 Å². The fourth-order valence-corrected chi connectivity index (χ4v) is 1.91. The summed E-state index contributed by atoms with van der Waals surface area (Å²) in [5, 5.41) is 3.03. The minimum atomic E-state index is -0.00877. The van der Waals surface area contributed by atoms with Crippen molar-refractivity contribution >= 4 is 11.8 Å². The molecule has 1 heterocycles. The quantitative estimate of drug-likeness (QED) is 0.790. The fourth-order valence-electron chi connectivity index (χ4n) is 1.91. The number of likely N-dealkylation sites (tertiary alicyclic amines) is 1. The van der Waals surface area contributed by atoms with Gasteiger partial charge < -0.3 is 10.2 Å². The van der Waals surface area contributed by atoms with Crippen LogP contribution >= 0.6 is 0 Å². The van der Waals surface area contributed by atoms with E-state index in [2.05, 4.69) is 19.2 Å². The summed E-state index contributed by atoms with van der Waals surface area (Å²) in [6.07, 6.45) is 1.60. The van der Waals surface area contributed by atoms with Crippen LogP contribution in [0.1, 0.15) is 40.5 Å². The number of carbonyl (C=O) groups excluding carboxylic acids is 2. The van der Waals surface area contributed by atoms with E-state index in [1.54, 1.807) is 0 Å². The Morgan fingerprint density at radius 2 is 2.00 bits per heavy atom. The van der Waals surface area contributed by atoms with Gasteiger partial charge in [0.05, 0.1) is 0 Å². The average Bonchev–Trinajstić information content (AvgIpc) is 2.62. The summed E-state index contributed by atoms with van der Waals surface area (Å²) in [7, 11) is 0. The fraction of sp³-hybridized carbons (Fsp3) is 0.846. The monoisotopic (exact) mass is 240 g/mol. The molecule has 1 rings (SSSR count). The normalized spacial score (nSPS) is 18.0. The van der Waals surface area contributed by atoms with Crippen LogP contribution in [0.3, 0.4) is 0 Å². The zero-order chi connectivity index (χ0) is 13.0. The standard InChI is InChI=1S/C13H24N2O2/c1-9(2)11(14-13(17)10(3)4)8-15-7-5-6-12(15)16/h9-11H,5-8H2,1-4H3,(H,14,17)/t11-/m0/s1. The van der Waals surface area contributed by atoms with E-state index in [0.717, 1.165) is 13.0 Å². The van der Waals surface area contributed by atoms with E-state index in [0.29, 0.717) is 18.9 Å². The van der Waals surface area contributed by atoms with E-state index in [-0.39, 0.29) is 23.8 Å². The molecule has 0 aromatic carbocycles. The topological polar surface area (TPSA) is 49.4 Å². The van der Waals surface area contributed by atoms with Gasteiger partial charge in [-0.05, 0) is 12.3 Å². The number of rotatable bonds is 5. The molecule has 0 radical (unpaired) electrons. The van der Waals surface area contributed by atoms with Crippen LogP contribution in [0.5, 0.6) is 0 Å². The van der Waals surface area contributed by atoms with Gasteiger partial charge in [-0.3, -0.25) is 9.59 Å². The van der Waals surface area contributed by atoms with Crippen molar-refractivity contribution in [1.29, 1.82) is 0 Å². The number of nitrogens with zero attached hydrogens (tertiary/aromatic N) is 1. The van der Waals surface area contributed by atoms with Crippen molar-refractivity contribution in [2.45, 2.75) is 46.6 Å². The maximum absolute atomic E-state index is 11.7. The van der Waals surface area contributed by atoms with Gasteiger partial charge in [0.1, 0.15) is 0 Å². The van der Waals surface area contributed by atoms with Crippen molar-refractivity contribution in [3.63, 3.8) is 0 Å². The number of hydrogen-bond acceptors (Lipinski definition) is 2. The third-order valence-electron chi connectivity index (χ3n) is 3.25. The number of carbonyl (C=O) groups is 2. The molecule has 1 atom stereocenters. The van der Waals surface area contributed by atoms with Gasteiger partial charge in [-0.1, -0.05) is 27.7 Å². The van der Waals surface area contributed by atoms with Crippen LogP contribution < -0.4 is 5.32 Å². The first kappa shape index (κ1) is 14.0. The Balaban J connectivity index is 2.54. The van der Waals surface area contributed by atoms with Gasteiger partial charge >= 0.3 is 0 Å². The Morgan fingerprint density at radius 1 is 1.35 bits per heavy atom. The molecule has 4 heteroatoms. The Labute approximate surface area is 104 Å². The molecule has 1 fully saturated rings. The first-order chi connectivity index (χ1) is 7.91. The highest BCUT2D eigenvalue weighted by Gasteiger charge is 2.26. The minimum absolute atomic E-state index is 0.00877. The molecule has 1 N–H and O–H groups in total. The van der Waals surface area contributed by atoms with Crippen LogP contribution in [0.4, 0.5) is 0 Å². The van der Waals surface area contributed by atoms with E-state index < -0.39 is 0 Å². The molecule has 1 saturated heterocycles. The molecule has 17 heavy (non-hydrogen) atoms. The highest BCUT2D eigenvalue weighted by atomic mass is 16.2. The Kier molecular flexibility index (Phi) is 4.97. The maximum atomic E-state index is 11.7. The summed E-state index contributed by atoms with van der Waals surface area (Å²) in [5.74, 6) is 0.612. The SMILES string of the molecule is CC(C)C(=O)N[C@@H](CN1CCCC1=O)C(C)C. The largest absolute Gasteiger partial charge is 0.351 e. The second kappa shape index (κ2) is 6.03. The van der Waals surface area contributed by atoms with Gasteiger partial charge in [-0.25, -0.2) is 0 Å². The van der Waals surface area contributed by atoms with Crippen molar-refractivity contribution < 1.29 is 9.59 Å². The molecule has 0 aromatic heterocycles. The summed E-state index contributed by atoms with van der Waals surface area (Å²) < 4.78 is 0. The highest BCUT2D eigenvalue weighted by Crippen LogP contribution is 2.13. The van der Waals surface area contributed by atoms with Gasteiger partial charge in [0.25, 0.3) is 0 Å². The zero-order valence-corrected chi connectivity index (χ0v) is 11.3. The van der Waals surface area contributed by atoms with E-state index in [1.165, 1.54) is 0 Å². The Hall–Kier alpha value is -1.06. The predicted octanol–water partition coefficient (Wildman–Crippen LogP) is 1.41. The maximum Gasteiger partial charge on any atom is 0.222 e. The summed E-state index contributed by atoms with van der Waals surface area (Å²) >= 11 is 0. The van der Waals surface area contributed by atoms with Crippen LogP contribution in [0.15, 0.2) is 0 Å². The third-order valence-corrected chi connectivity index (χ3v) is 3.25. The van der Waals surface area contributed by atoms with Crippen LogP contribution in [-0.2, 0) is 9.59 Å². The number of nitrogens with one attached hydrogen (secondary N) is 1. The Bertz CT molecular complexity index is 287. The second-order valence-electron chi connectivity index (χ2n) is 5.46. The van der Waals surface area contributed by atoms with Gasteiger partial charge in [0.2, 0.25) is 11.8 Å². The summed E-state index contributed by atoms with van der Waals surface area (Å²) in [6.45, 7) is 9.40. The lowest BCUT2D eigenvalue weighted by Crippen LogP contribution is -2.48. The highest BCUT2D eigenvalue weighted by molar-refractivity contribution is 5.79. The smallest absolute Gasteiger partial charge is 0.222 e. The average molecular weight is 240 g/mol. The molecule has 0 bridgehead atoms. The molecule has 1 aliphatic rings. The third kappa shape index (κ3) is 4.02. The Morgan fingerprint density at radius 3 is 2.41 bits per heavy atom. The number of hydrogen-bond donors (Lipinski definition) is 1. The van der Waals surface area contributed by atoms with Crippen LogP contribution in [0.25, 0.3) is 0 Å². The molecule has 0 aromatic rings. The van der Waals surface area contributed by atoms with Crippen molar-refractivity contribution in [2.24, 2.45) is 11.8 Å². The molecule has 0 saturated carbocycles. The zero-order valence-electron chi connectivity index (χ0n) is 11.3.